The van der Waals surface area contributed by atoms with Crippen molar-refractivity contribution < 1.29 is 18.4 Å². The zero-order valence-electron chi connectivity index (χ0n) is 13.7. The van der Waals surface area contributed by atoms with Crippen molar-refractivity contribution in [1.29, 1.82) is 0 Å². The molecule has 0 saturated carbocycles. The van der Waals surface area contributed by atoms with E-state index in [1.807, 2.05) is 24.3 Å². The number of nitrogens with zero attached hydrogens (tertiary/aromatic N) is 2. The van der Waals surface area contributed by atoms with E-state index in [-0.39, 0.29) is 17.6 Å². The van der Waals surface area contributed by atoms with Crippen LogP contribution < -0.4 is 5.32 Å². The van der Waals surface area contributed by atoms with E-state index in [4.69, 9.17) is 8.94 Å². The van der Waals surface area contributed by atoms with Gasteiger partial charge in [0.15, 0.2) is 5.76 Å². The Labute approximate surface area is 147 Å². The van der Waals surface area contributed by atoms with Crippen LogP contribution in [0, 0.1) is 12.7 Å². The van der Waals surface area contributed by atoms with Gasteiger partial charge >= 0.3 is 0 Å². The normalized spacial score (nSPS) is 10.8. The first-order valence-corrected chi connectivity index (χ1v) is 7.85. The van der Waals surface area contributed by atoms with Gasteiger partial charge in [-0.1, -0.05) is 30.3 Å². The fourth-order valence-corrected chi connectivity index (χ4v) is 2.66. The zero-order chi connectivity index (χ0) is 18.1. The Morgan fingerprint density at radius 3 is 2.65 bits per heavy atom. The van der Waals surface area contributed by atoms with Crippen LogP contribution in [0.5, 0.6) is 5.88 Å². The number of aromatic nitrogens is 2. The van der Waals surface area contributed by atoms with Crippen molar-refractivity contribution in [2.24, 2.45) is 0 Å². The van der Waals surface area contributed by atoms with Crippen molar-refractivity contribution in [2.75, 3.05) is 5.32 Å². The molecule has 0 aliphatic rings. The number of anilines is 2. The minimum atomic E-state index is -0.396. The minimum Gasteiger partial charge on any atom is -0.491 e. The maximum Gasteiger partial charge on any atom is 0.299 e. The fourth-order valence-electron chi connectivity index (χ4n) is 2.66. The number of aromatic hydroxyl groups is 1. The van der Waals surface area contributed by atoms with Crippen molar-refractivity contribution in [3.63, 3.8) is 0 Å². The molecule has 0 bridgehead atoms. The number of benzene rings is 2. The Bertz CT molecular complexity index is 1050. The minimum absolute atomic E-state index is 0.167. The molecule has 0 aliphatic heterocycles. The predicted octanol–water partition coefficient (Wildman–Crippen LogP) is 4.89. The number of para-hydroxylation sites is 1. The third-order valence-electron chi connectivity index (χ3n) is 3.90. The Morgan fingerprint density at radius 1 is 1.08 bits per heavy atom. The number of hydrogen-bond acceptors (Lipinski definition) is 6. The molecule has 2 N–H and O–H groups in total. The van der Waals surface area contributed by atoms with Gasteiger partial charge in [0.1, 0.15) is 11.6 Å². The van der Waals surface area contributed by atoms with Gasteiger partial charge in [-0.05, 0) is 35.8 Å². The SMILES string of the molecule is Cc1onc(O)c1-c1cccc(-c2cnc(Nc3ccccc3F)o2)c1. The van der Waals surface area contributed by atoms with Gasteiger partial charge in [-0.2, -0.15) is 0 Å². The van der Waals surface area contributed by atoms with E-state index in [0.717, 1.165) is 11.1 Å². The summed E-state index contributed by atoms with van der Waals surface area (Å²) in [7, 11) is 0. The molecule has 0 saturated heterocycles. The molecule has 7 heteroatoms. The second-order valence-electron chi connectivity index (χ2n) is 5.65. The van der Waals surface area contributed by atoms with Crippen molar-refractivity contribution in [2.45, 2.75) is 6.92 Å². The standard InChI is InChI=1S/C19H14FN3O3/c1-11-17(18(24)23-26-11)13-6-4-5-12(9-13)16-10-21-19(25-16)22-15-8-3-2-7-14(15)20/h2-10H,1H3,(H,21,22)(H,23,24). The average molecular weight is 351 g/mol. The number of oxazole rings is 1. The Kier molecular flexibility index (Phi) is 3.89. The van der Waals surface area contributed by atoms with Gasteiger partial charge in [-0.25, -0.2) is 9.37 Å². The highest BCUT2D eigenvalue weighted by molar-refractivity contribution is 5.75. The van der Waals surface area contributed by atoms with Crippen LogP contribution in [0.1, 0.15) is 5.76 Å². The second kappa shape index (κ2) is 6.36. The molecule has 0 atom stereocenters. The Balaban J connectivity index is 1.64. The summed E-state index contributed by atoms with van der Waals surface area (Å²) < 4.78 is 24.4. The summed E-state index contributed by atoms with van der Waals surface area (Å²) in [5, 5.41) is 16.2. The Hall–Kier alpha value is -3.61. The van der Waals surface area contributed by atoms with Crippen LogP contribution in [-0.2, 0) is 0 Å². The van der Waals surface area contributed by atoms with Gasteiger partial charge in [0, 0.05) is 5.56 Å². The summed E-state index contributed by atoms with van der Waals surface area (Å²) in [6.07, 6.45) is 1.54. The molecule has 0 fully saturated rings. The summed E-state index contributed by atoms with van der Waals surface area (Å²) in [6.45, 7) is 1.72. The smallest absolute Gasteiger partial charge is 0.299 e. The number of halogens is 1. The molecule has 0 amide bonds. The third-order valence-corrected chi connectivity index (χ3v) is 3.90. The van der Waals surface area contributed by atoms with Crippen LogP contribution in [0.2, 0.25) is 0 Å². The molecule has 0 unspecified atom stereocenters. The predicted molar refractivity (Wildman–Crippen MR) is 93.5 cm³/mol. The summed E-state index contributed by atoms with van der Waals surface area (Å²) in [5.41, 5.74) is 2.28. The van der Waals surface area contributed by atoms with Gasteiger partial charge in [-0.15, -0.1) is 0 Å². The molecule has 4 aromatic rings. The first-order valence-electron chi connectivity index (χ1n) is 7.85. The van der Waals surface area contributed by atoms with Gasteiger partial charge in [-0.3, -0.25) is 0 Å². The molecule has 6 nitrogen and oxygen atoms in total. The molecule has 4 rings (SSSR count). The van der Waals surface area contributed by atoms with E-state index in [2.05, 4.69) is 15.5 Å². The fraction of sp³-hybridized carbons (Fsp3) is 0.0526. The van der Waals surface area contributed by atoms with E-state index in [1.165, 1.54) is 6.07 Å². The maximum absolute atomic E-state index is 13.7. The van der Waals surface area contributed by atoms with E-state index in [9.17, 15) is 9.50 Å². The first kappa shape index (κ1) is 15.9. The van der Waals surface area contributed by atoms with Crippen molar-refractivity contribution >= 4 is 11.7 Å². The molecule has 130 valence electrons. The zero-order valence-corrected chi connectivity index (χ0v) is 13.7. The molecule has 0 radical (unpaired) electrons. The number of nitrogens with one attached hydrogen (secondary N) is 1. The number of rotatable bonds is 4. The van der Waals surface area contributed by atoms with Crippen LogP contribution in [0.25, 0.3) is 22.5 Å². The van der Waals surface area contributed by atoms with Crippen molar-refractivity contribution in [3.05, 3.63) is 66.3 Å². The molecule has 0 aliphatic carbocycles. The maximum atomic E-state index is 13.7. The molecule has 0 spiro atoms. The van der Waals surface area contributed by atoms with E-state index >= 15 is 0 Å². The second-order valence-corrected chi connectivity index (χ2v) is 5.65. The van der Waals surface area contributed by atoms with Gasteiger partial charge in [0.2, 0.25) is 0 Å². The molecule has 2 aromatic carbocycles. The highest BCUT2D eigenvalue weighted by Gasteiger charge is 2.15. The quantitative estimate of drug-likeness (QED) is 0.544. The number of aryl methyl sites for hydroxylation is 1. The lowest BCUT2D eigenvalue weighted by molar-refractivity contribution is 0.348. The largest absolute Gasteiger partial charge is 0.491 e. The lowest BCUT2D eigenvalue weighted by Crippen LogP contribution is -1.92. The van der Waals surface area contributed by atoms with Crippen LogP contribution >= 0.6 is 0 Å². The van der Waals surface area contributed by atoms with Gasteiger partial charge < -0.3 is 19.4 Å². The third kappa shape index (κ3) is 2.90. The van der Waals surface area contributed by atoms with Crippen LogP contribution in [0.3, 0.4) is 0 Å². The monoisotopic (exact) mass is 351 g/mol. The molecule has 26 heavy (non-hydrogen) atoms. The van der Waals surface area contributed by atoms with E-state index in [0.29, 0.717) is 17.1 Å². The lowest BCUT2D eigenvalue weighted by atomic mass is 10.0. The van der Waals surface area contributed by atoms with Gasteiger partial charge in [0.05, 0.1) is 17.4 Å². The molecular weight excluding hydrogens is 337 g/mol. The van der Waals surface area contributed by atoms with Crippen molar-refractivity contribution in [3.8, 4) is 28.3 Å². The molecular formula is C19H14FN3O3. The molecule has 2 aromatic heterocycles. The van der Waals surface area contributed by atoms with Gasteiger partial charge in [0.25, 0.3) is 11.9 Å². The van der Waals surface area contributed by atoms with Crippen LogP contribution in [-0.4, -0.2) is 15.2 Å². The summed E-state index contributed by atoms with van der Waals surface area (Å²) in [5.74, 6) is 0.449. The van der Waals surface area contributed by atoms with Crippen molar-refractivity contribution in [1.82, 2.24) is 10.1 Å². The summed E-state index contributed by atoms with van der Waals surface area (Å²) in [4.78, 5) is 4.13. The summed E-state index contributed by atoms with van der Waals surface area (Å²) >= 11 is 0. The van der Waals surface area contributed by atoms with Crippen LogP contribution in [0.15, 0.2) is 63.7 Å². The first-order chi connectivity index (χ1) is 12.6. The number of hydrogen-bond donors (Lipinski definition) is 2. The van der Waals surface area contributed by atoms with Crippen LogP contribution in [0.4, 0.5) is 16.1 Å². The highest BCUT2D eigenvalue weighted by Crippen LogP contribution is 2.34. The topological polar surface area (TPSA) is 84.3 Å². The lowest BCUT2D eigenvalue weighted by Gasteiger charge is -2.03. The van der Waals surface area contributed by atoms with E-state index in [1.54, 1.807) is 31.3 Å². The average Bonchev–Trinajstić information content (AvgIpc) is 3.24. The Morgan fingerprint density at radius 2 is 1.88 bits per heavy atom. The highest BCUT2D eigenvalue weighted by atomic mass is 19.1. The van der Waals surface area contributed by atoms with E-state index < -0.39 is 5.82 Å². The molecule has 2 heterocycles. The summed E-state index contributed by atoms with van der Waals surface area (Å²) in [6, 6.07) is 13.8.